The number of alkyl halides is 1. The number of halogens is 2. The minimum atomic E-state index is -3.54. The fourth-order valence-corrected chi connectivity index (χ4v) is 4.18. The standard InChI is InChI=1S/C13H17BrFNO2S/c14-13-4-2-1-3-10(13)9-16-19(17,18)12-7-5-11(15)6-8-12/h5-8,10,13,16H,1-4,9H2. The van der Waals surface area contributed by atoms with Gasteiger partial charge in [0.05, 0.1) is 4.90 Å². The zero-order valence-electron chi connectivity index (χ0n) is 10.5. The molecule has 0 spiro atoms. The Morgan fingerprint density at radius 2 is 1.84 bits per heavy atom. The quantitative estimate of drug-likeness (QED) is 0.849. The van der Waals surface area contributed by atoms with Crippen molar-refractivity contribution in [2.24, 2.45) is 5.92 Å². The van der Waals surface area contributed by atoms with Crippen LogP contribution in [-0.4, -0.2) is 19.8 Å². The zero-order valence-corrected chi connectivity index (χ0v) is 12.9. The van der Waals surface area contributed by atoms with Crippen molar-refractivity contribution >= 4 is 26.0 Å². The number of nitrogens with one attached hydrogen (secondary N) is 1. The number of benzene rings is 1. The average Bonchev–Trinajstić information content (AvgIpc) is 2.38. The predicted molar refractivity (Wildman–Crippen MR) is 76.3 cm³/mol. The van der Waals surface area contributed by atoms with Crippen LogP contribution in [0, 0.1) is 11.7 Å². The van der Waals surface area contributed by atoms with Crippen LogP contribution in [-0.2, 0) is 10.0 Å². The zero-order chi connectivity index (χ0) is 13.9. The second-order valence-electron chi connectivity index (χ2n) is 4.87. The first-order valence-corrected chi connectivity index (χ1v) is 8.78. The van der Waals surface area contributed by atoms with Gasteiger partial charge in [-0.25, -0.2) is 17.5 Å². The van der Waals surface area contributed by atoms with Gasteiger partial charge in [0.1, 0.15) is 5.82 Å². The van der Waals surface area contributed by atoms with Crippen molar-refractivity contribution in [3.05, 3.63) is 30.1 Å². The molecule has 0 bridgehead atoms. The van der Waals surface area contributed by atoms with E-state index in [0.717, 1.165) is 31.4 Å². The minimum absolute atomic E-state index is 0.107. The third-order valence-electron chi connectivity index (χ3n) is 3.48. The Morgan fingerprint density at radius 3 is 2.47 bits per heavy atom. The Hall–Kier alpha value is -0.460. The molecule has 1 fully saturated rings. The van der Waals surface area contributed by atoms with Crippen LogP contribution in [0.4, 0.5) is 4.39 Å². The van der Waals surface area contributed by atoms with Crippen molar-refractivity contribution in [2.45, 2.75) is 35.4 Å². The Labute approximate surface area is 121 Å². The Kier molecular flexibility index (Phi) is 4.97. The Bertz CT molecular complexity index is 518. The summed E-state index contributed by atoms with van der Waals surface area (Å²) < 4.78 is 39.5. The molecule has 1 N–H and O–H groups in total. The maximum atomic E-state index is 12.8. The maximum absolute atomic E-state index is 12.8. The van der Waals surface area contributed by atoms with Crippen LogP contribution in [0.1, 0.15) is 25.7 Å². The Morgan fingerprint density at radius 1 is 1.21 bits per heavy atom. The van der Waals surface area contributed by atoms with E-state index in [1.54, 1.807) is 0 Å². The van der Waals surface area contributed by atoms with Gasteiger partial charge in [-0.3, -0.25) is 0 Å². The van der Waals surface area contributed by atoms with Crippen molar-refractivity contribution in [3.63, 3.8) is 0 Å². The van der Waals surface area contributed by atoms with E-state index in [1.807, 2.05) is 0 Å². The molecule has 0 amide bonds. The molecule has 19 heavy (non-hydrogen) atoms. The summed E-state index contributed by atoms with van der Waals surface area (Å²) in [6.45, 7) is 0.426. The predicted octanol–water partition coefficient (Wildman–Crippen LogP) is 3.06. The largest absolute Gasteiger partial charge is 0.240 e. The van der Waals surface area contributed by atoms with Crippen LogP contribution >= 0.6 is 15.9 Å². The van der Waals surface area contributed by atoms with Crippen molar-refractivity contribution in [1.29, 1.82) is 0 Å². The first-order chi connectivity index (χ1) is 8.99. The molecular formula is C13H17BrFNO2S. The van der Waals surface area contributed by atoms with Crippen LogP contribution in [0.3, 0.4) is 0 Å². The summed E-state index contributed by atoms with van der Waals surface area (Å²) in [5.74, 6) is -0.115. The highest BCUT2D eigenvalue weighted by Crippen LogP contribution is 2.29. The van der Waals surface area contributed by atoms with Gasteiger partial charge in [0.15, 0.2) is 0 Å². The van der Waals surface area contributed by atoms with E-state index >= 15 is 0 Å². The van der Waals surface area contributed by atoms with E-state index in [9.17, 15) is 12.8 Å². The highest BCUT2D eigenvalue weighted by atomic mass is 79.9. The molecular weight excluding hydrogens is 333 g/mol. The van der Waals surface area contributed by atoms with Gasteiger partial charge < -0.3 is 0 Å². The van der Waals surface area contributed by atoms with Crippen LogP contribution < -0.4 is 4.72 Å². The monoisotopic (exact) mass is 349 g/mol. The van der Waals surface area contributed by atoms with Crippen LogP contribution in [0.2, 0.25) is 0 Å². The van der Waals surface area contributed by atoms with Crippen molar-refractivity contribution in [1.82, 2.24) is 4.72 Å². The molecule has 0 aliphatic heterocycles. The van der Waals surface area contributed by atoms with Gasteiger partial charge in [0.2, 0.25) is 10.0 Å². The maximum Gasteiger partial charge on any atom is 0.240 e. The molecule has 2 atom stereocenters. The highest BCUT2D eigenvalue weighted by Gasteiger charge is 2.24. The van der Waals surface area contributed by atoms with Gasteiger partial charge in [-0.2, -0.15) is 0 Å². The van der Waals surface area contributed by atoms with Gasteiger partial charge in [-0.05, 0) is 43.0 Å². The first-order valence-electron chi connectivity index (χ1n) is 6.38. The van der Waals surface area contributed by atoms with E-state index in [4.69, 9.17) is 0 Å². The number of hydrogen-bond acceptors (Lipinski definition) is 2. The number of rotatable bonds is 4. The van der Waals surface area contributed by atoms with Crippen molar-refractivity contribution < 1.29 is 12.8 Å². The SMILES string of the molecule is O=S(=O)(NCC1CCCCC1Br)c1ccc(F)cc1. The van der Waals surface area contributed by atoms with Crippen LogP contribution in [0.5, 0.6) is 0 Å². The molecule has 1 aromatic carbocycles. The van der Waals surface area contributed by atoms with Gasteiger partial charge in [-0.1, -0.05) is 28.8 Å². The highest BCUT2D eigenvalue weighted by molar-refractivity contribution is 9.09. The van der Waals surface area contributed by atoms with Crippen molar-refractivity contribution in [2.75, 3.05) is 6.54 Å². The summed E-state index contributed by atoms with van der Waals surface area (Å²) in [5.41, 5.74) is 0. The lowest BCUT2D eigenvalue weighted by molar-refractivity contribution is 0.373. The lowest BCUT2D eigenvalue weighted by Crippen LogP contribution is -2.34. The summed E-state index contributed by atoms with van der Waals surface area (Å²) in [6.07, 6.45) is 4.45. The van der Waals surface area contributed by atoms with Gasteiger partial charge in [0, 0.05) is 11.4 Å². The first kappa shape index (κ1) is 14.9. The van der Waals surface area contributed by atoms with E-state index < -0.39 is 15.8 Å². The summed E-state index contributed by atoms with van der Waals surface area (Å²) in [7, 11) is -3.54. The van der Waals surface area contributed by atoms with Gasteiger partial charge in [0.25, 0.3) is 0 Å². The summed E-state index contributed by atoms with van der Waals surface area (Å²) >= 11 is 3.60. The fourth-order valence-electron chi connectivity index (χ4n) is 2.31. The summed E-state index contributed by atoms with van der Waals surface area (Å²) in [6, 6.07) is 4.87. The average molecular weight is 350 g/mol. The van der Waals surface area contributed by atoms with Crippen LogP contribution in [0.15, 0.2) is 29.2 Å². The Balaban J connectivity index is 1.99. The minimum Gasteiger partial charge on any atom is -0.211 e. The molecule has 1 aliphatic carbocycles. The van der Waals surface area contributed by atoms with E-state index in [-0.39, 0.29) is 4.90 Å². The summed E-state index contributed by atoms with van der Waals surface area (Å²) in [4.78, 5) is 0.480. The molecule has 3 nitrogen and oxygen atoms in total. The van der Waals surface area contributed by atoms with E-state index in [1.165, 1.54) is 18.6 Å². The molecule has 2 unspecified atom stereocenters. The molecule has 106 valence electrons. The molecule has 0 aromatic heterocycles. The molecule has 6 heteroatoms. The smallest absolute Gasteiger partial charge is 0.211 e. The third kappa shape index (κ3) is 4.00. The van der Waals surface area contributed by atoms with Gasteiger partial charge >= 0.3 is 0 Å². The molecule has 0 radical (unpaired) electrons. The second kappa shape index (κ2) is 6.33. The number of hydrogen-bond donors (Lipinski definition) is 1. The molecule has 0 heterocycles. The lowest BCUT2D eigenvalue weighted by atomic mass is 9.89. The molecule has 1 aromatic rings. The molecule has 1 saturated carbocycles. The van der Waals surface area contributed by atoms with E-state index in [0.29, 0.717) is 17.3 Å². The third-order valence-corrected chi connectivity index (χ3v) is 6.12. The lowest BCUT2D eigenvalue weighted by Gasteiger charge is -2.27. The topological polar surface area (TPSA) is 46.2 Å². The van der Waals surface area contributed by atoms with Gasteiger partial charge in [-0.15, -0.1) is 0 Å². The fraction of sp³-hybridized carbons (Fsp3) is 0.538. The molecule has 2 rings (SSSR count). The molecule has 1 aliphatic rings. The normalized spacial score (nSPS) is 24.3. The summed E-state index contributed by atoms with van der Waals surface area (Å²) in [5, 5.41) is 0. The molecule has 0 saturated heterocycles. The van der Waals surface area contributed by atoms with E-state index in [2.05, 4.69) is 20.7 Å². The van der Waals surface area contributed by atoms with Crippen LogP contribution in [0.25, 0.3) is 0 Å². The van der Waals surface area contributed by atoms with Crippen molar-refractivity contribution in [3.8, 4) is 0 Å². The number of sulfonamides is 1. The second-order valence-corrected chi connectivity index (χ2v) is 7.81.